The highest BCUT2D eigenvalue weighted by atomic mass is 35.5. The van der Waals surface area contributed by atoms with Crippen molar-refractivity contribution in [3.05, 3.63) is 34.3 Å². The highest BCUT2D eigenvalue weighted by Gasteiger charge is 2.37. The van der Waals surface area contributed by atoms with Gasteiger partial charge in [-0.1, -0.05) is 30.7 Å². The van der Waals surface area contributed by atoms with Gasteiger partial charge in [0.1, 0.15) is 0 Å². The van der Waals surface area contributed by atoms with Crippen LogP contribution >= 0.6 is 11.6 Å². The predicted octanol–water partition coefficient (Wildman–Crippen LogP) is 3.78. The molecule has 0 bridgehead atoms. The zero-order valence-electron chi connectivity index (χ0n) is 13.0. The fourth-order valence-electron chi connectivity index (χ4n) is 3.22. The smallest absolute Gasteiger partial charge is 0.0441 e. The summed E-state index contributed by atoms with van der Waals surface area (Å²) in [6.45, 7) is 8.98. The van der Waals surface area contributed by atoms with E-state index >= 15 is 0 Å². The minimum atomic E-state index is 0.0741. The number of hydrogen-bond acceptors (Lipinski definition) is 2. The van der Waals surface area contributed by atoms with Gasteiger partial charge in [0.05, 0.1) is 0 Å². The van der Waals surface area contributed by atoms with E-state index in [0.29, 0.717) is 0 Å². The summed E-state index contributed by atoms with van der Waals surface area (Å²) in [5.74, 6) is 0. The van der Waals surface area contributed by atoms with Crippen molar-refractivity contribution in [2.75, 3.05) is 13.1 Å². The number of nitrogens with two attached hydrogens (primary N) is 1. The van der Waals surface area contributed by atoms with Gasteiger partial charge in [-0.15, -0.1) is 0 Å². The zero-order valence-corrected chi connectivity index (χ0v) is 13.7. The Kier molecular flexibility index (Phi) is 5.11. The summed E-state index contributed by atoms with van der Waals surface area (Å²) in [4.78, 5) is 2.57. The van der Waals surface area contributed by atoms with Crippen LogP contribution in [0.2, 0.25) is 5.02 Å². The van der Waals surface area contributed by atoms with Crippen molar-refractivity contribution in [2.45, 2.75) is 58.0 Å². The molecule has 0 amide bonds. The normalized spacial score (nSPS) is 20.9. The molecule has 1 saturated heterocycles. The SMILES string of the molecule is CCC(C)(C(N)Cc1ccc(C)cc1Cl)N1CCCC1. The van der Waals surface area contributed by atoms with E-state index in [9.17, 15) is 0 Å². The van der Waals surface area contributed by atoms with Crippen molar-refractivity contribution < 1.29 is 0 Å². The van der Waals surface area contributed by atoms with Crippen LogP contribution in [0.25, 0.3) is 0 Å². The highest BCUT2D eigenvalue weighted by molar-refractivity contribution is 6.31. The molecular formula is C17H27ClN2. The summed E-state index contributed by atoms with van der Waals surface area (Å²) in [7, 11) is 0. The number of aryl methyl sites for hydroxylation is 1. The Morgan fingerprint density at radius 3 is 2.55 bits per heavy atom. The first-order valence-electron chi connectivity index (χ1n) is 7.73. The summed E-state index contributed by atoms with van der Waals surface area (Å²) < 4.78 is 0. The third kappa shape index (κ3) is 3.19. The molecule has 0 radical (unpaired) electrons. The quantitative estimate of drug-likeness (QED) is 0.895. The molecule has 2 nitrogen and oxygen atoms in total. The molecule has 0 spiro atoms. The van der Waals surface area contributed by atoms with E-state index in [4.69, 9.17) is 17.3 Å². The van der Waals surface area contributed by atoms with Gasteiger partial charge >= 0.3 is 0 Å². The summed E-state index contributed by atoms with van der Waals surface area (Å²) in [5, 5.41) is 0.848. The van der Waals surface area contributed by atoms with E-state index in [1.807, 2.05) is 6.07 Å². The molecule has 1 aromatic carbocycles. The van der Waals surface area contributed by atoms with Gasteiger partial charge in [0.2, 0.25) is 0 Å². The van der Waals surface area contributed by atoms with Gasteiger partial charge in [0.15, 0.2) is 0 Å². The Bertz CT molecular complexity index is 454. The van der Waals surface area contributed by atoms with E-state index in [1.54, 1.807) is 0 Å². The highest BCUT2D eigenvalue weighted by Crippen LogP contribution is 2.30. The van der Waals surface area contributed by atoms with Gasteiger partial charge in [0, 0.05) is 16.6 Å². The first kappa shape index (κ1) is 15.8. The maximum absolute atomic E-state index is 6.58. The standard InChI is InChI=1S/C17H27ClN2/c1-4-17(3,20-9-5-6-10-20)16(19)12-14-8-7-13(2)11-15(14)18/h7-8,11,16H,4-6,9-10,12,19H2,1-3H3. The van der Waals surface area contributed by atoms with Crippen LogP contribution in [0.5, 0.6) is 0 Å². The molecule has 2 N–H and O–H groups in total. The van der Waals surface area contributed by atoms with Gasteiger partial charge in [-0.2, -0.15) is 0 Å². The molecule has 1 aliphatic rings. The van der Waals surface area contributed by atoms with E-state index < -0.39 is 0 Å². The lowest BCUT2D eigenvalue weighted by Gasteiger charge is -2.43. The minimum Gasteiger partial charge on any atom is -0.326 e. The fraction of sp³-hybridized carbons (Fsp3) is 0.647. The molecule has 2 atom stereocenters. The lowest BCUT2D eigenvalue weighted by atomic mass is 9.84. The maximum Gasteiger partial charge on any atom is 0.0441 e. The topological polar surface area (TPSA) is 29.3 Å². The predicted molar refractivity (Wildman–Crippen MR) is 87.4 cm³/mol. The largest absolute Gasteiger partial charge is 0.326 e. The van der Waals surface area contributed by atoms with Crippen molar-refractivity contribution in [3.63, 3.8) is 0 Å². The molecule has 1 aliphatic heterocycles. The fourth-order valence-corrected chi connectivity index (χ4v) is 3.54. The average Bonchev–Trinajstić information content (AvgIpc) is 2.95. The molecule has 1 fully saturated rings. The van der Waals surface area contributed by atoms with Crippen LogP contribution in [-0.2, 0) is 6.42 Å². The summed E-state index contributed by atoms with van der Waals surface area (Å²) in [5.41, 5.74) is 9.02. The first-order chi connectivity index (χ1) is 9.47. The van der Waals surface area contributed by atoms with Gasteiger partial charge in [-0.25, -0.2) is 0 Å². The Morgan fingerprint density at radius 1 is 1.35 bits per heavy atom. The second-order valence-corrected chi connectivity index (χ2v) is 6.72. The summed E-state index contributed by atoms with van der Waals surface area (Å²) in [6.07, 6.45) is 4.53. The number of nitrogens with zero attached hydrogens (tertiary/aromatic N) is 1. The number of likely N-dealkylation sites (tertiary alicyclic amines) is 1. The van der Waals surface area contributed by atoms with Crippen molar-refractivity contribution in [3.8, 4) is 0 Å². The third-order valence-corrected chi connectivity index (χ3v) is 5.34. The number of rotatable bonds is 5. The Labute approximate surface area is 128 Å². The van der Waals surface area contributed by atoms with Crippen molar-refractivity contribution in [1.29, 1.82) is 0 Å². The van der Waals surface area contributed by atoms with Crippen LogP contribution in [0.1, 0.15) is 44.2 Å². The van der Waals surface area contributed by atoms with Crippen molar-refractivity contribution in [2.24, 2.45) is 5.73 Å². The van der Waals surface area contributed by atoms with Crippen molar-refractivity contribution >= 4 is 11.6 Å². The Hall–Kier alpha value is -0.570. The second-order valence-electron chi connectivity index (χ2n) is 6.31. The molecule has 0 saturated carbocycles. The van der Waals surface area contributed by atoms with Gasteiger partial charge < -0.3 is 5.73 Å². The van der Waals surface area contributed by atoms with Crippen LogP contribution in [-0.4, -0.2) is 29.6 Å². The molecule has 1 aromatic rings. The summed E-state index contributed by atoms with van der Waals surface area (Å²) in [6, 6.07) is 6.39. The second kappa shape index (κ2) is 6.46. The summed E-state index contributed by atoms with van der Waals surface area (Å²) >= 11 is 6.36. The minimum absolute atomic E-state index is 0.0741. The van der Waals surface area contributed by atoms with Crippen molar-refractivity contribution in [1.82, 2.24) is 4.90 Å². The Balaban J connectivity index is 2.14. The van der Waals surface area contributed by atoms with E-state index in [2.05, 4.69) is 37.8 Å². The monoisotopic (exact) mass is 294 g/mol. The molecule has 0 aliphatic carbocycles. The molecular weight excluding hydrogens is 268 g/mol. The molecule has 0 aromatic heterocycles. The first-order valence-corrected chi connectivity index (χ1v) is 8.11. The zero-order chi connectivity index (χ0) is 14.8. The van der Waals surface area contributed by atoms with Crippen LogP contribution < -0.4 is 5.73 Å². The van der Waals surface area contributed by atoms with Crippen LogP contribution in [0.3, 0.4) is 0 Å². The van der Waals surface area contributed by atoms with Gasteiger partial charge in [0.25, 0.3) is 0 Å². The van der Waals surface area contributed by atoms with Crippen LogP contribution in [0.4, 0.5) is 0 Å². The average molecular weight is 295 g/mol. The Morgan fingerprint density at radius 2 is 2.00 bits per heavy atom. The van der Waals surface area contributed by atoms with Crippen LogP contribution in [0.15, 0.2) is 18.2 Å². The van der Waals surface area contributed by atoms with Gasteiger partial charge in [-0.3, -0.25) is 4.90 Å². The lowest BCUT2D eigenvalue weighted by molar-refractivity contribution is 0.0999. The molecule has 1 heterocycles. The number of benzene rings is 1. The molecule has 20 heavy (non-hydrogen) atoms. The molecule has 2 unspecified atom stereocenters. The maximum atomic E-state index is 6.58. The third-order valence-electron chi connectivity index (χ3n) is 4.99. The molecule has 3 heteroatoms. The lowest BCUT2D eigenvalue weighted by Crippen LogP contribution is -2.57. The van der Waals surface area contributed by atoms with E-state index in [1.165, 1.54) is 37.1 Å². The number of halogens is 1. The number of hydrogen-bond donors (Lipinski definition) is 1. The van der Waals surface area contributed by atoms with E-state index in [0.717, 1.165) is 17.9 Å². The van der Waals surface area contributed by atoms with E-state index in [-0.39, 0.29) is 11.6 Å². The van der Waals surface area contributed by atoms with Crippen LogP contribution in [0, 0.1) is 6.92 Å². The van der Waals surface area contributed by atoms with Gasteiger partial charge in [-0.05, 0) is 69.8 Å². The molecule has 112 valence electrons. The molecule has 2 rings (SSSR count).